The number of benzene rings is 1. The Bertz CT molecular complexity index is 406. The molecule has 1 fully saturated rings. The molecule has 0 spiro atoms. The van der Waals surface area contributed by atoms with E-state index in [4.69, 9.17) is 23.2 Å². The Balaban J connectivity index is 2.18. The summed E-state index contributed by atoms with van der Waals surface area (Å²) in [6.07, 6.45) is 1.28. The first-order valence-electron chi connectivity index (χ1n) is 4.61. The normalized spacial score (nSPS) is 22.4. The molecule has 0 aliphatic heterocycles. The van der Waals surface area contributed by atoms with Gasteiger partial charge in [0.25, 0.3) is 5.69 Å². The fourth-order valence-electron chi connectivity index (χ4n) is 1.62. The average Bonchev–Trinajstić information content (AvgIpc) is 2.74. The van der Waals surface area contributed by atoms with Crippen molar-refractivity contribution in [2.75, 3.05) is 0 Å². The number of halogens is 2. The maximum Gasteiger partial charge on any atom is 0.272 e. The molecular formula is C10H9Cl2NO2. The number of nitrogens with zero attached hydrogens (tertiary/aromatic N) is 1. The molecule has 1 aromatic rings. The maximum atomic E-state index is 10.7. The molecule has 0 aromatic heterocycles. The van der Waals surface area contributed by atoms with Gasteiger partial charge in [0.1, 0.15) is 4.33 Å². The molecule has 2 rings (SSSR count). The van der Waals surface area contributed by atoms with Crippen LogP contribution in [0.25, 0.3) is 0 Å². The maximum absolute atomic E-state index is 10.7. The van der Waals surface area contributed by atoms with Crippen LogP contribution in [0, 0.1) is 16.0 Å². The van der Waals surface area contributed by atoms with Crippen LogP contribution in [-0.2, 0) is 6.42 Å². The molecule has 1 aliphatic rings. The number of alkyl halides is 2. The third kappa shape index (κ3) is 2.24. The highest BCUT2D eigenvalue weighted by atomic mass is 35.5. The van der Waals surface area contributed by atoms with Gasteiger partial charge in [0.05, 0.1) is 4.92 Å². The van der Waals surface area contributed by atoms with Gasteiger partial charge in [-0.1, -0.05) is 18.2 Å². The molecule has 15 heavy (non-hydrogen) atoms. The zero-order valence-corrected chi connectivity index (χ0v) is 9.33. The lowest BCUT2D eigenvalue weighted by Crippen LogP contribution is -1.99. The molecule has 0 heterocycles. The molecule has 1 atom stereocenters. The van der Waals surface area contributed by atoms with E-state index >= 15 is 0 Å². The van der Waals surface area contributed by atoms with Crippen LogP contribution in [0.5, 0.6) is 0 Å². The molecule has 1 aromatic carbocycles. The second-order valence-corrected chi connectivity index (χ2v) is 5.29. The summed E-state index contributed by atoms with van der Waals surface area (Å²) in [5.41, 5.74) is 0.851. The molecular weight excluding hydrogens is 237 g/mol. The lowest BCUT2D eigenvalue weighted by molar-refractivity contribution is -0.385. The van der Waals surface area contributed by atoms with Gasteiger partial charge in [-0.3, -0.25) is 10.1 Å². The van der Waals surface area contributed by atoms with Gasteiger partial charge < -0.3 is 0 Å². The Labute approximate surface area is 97.1 Å². The first-order valence-corrected chi connectivity index (χ1v) is 5.36. The van der Waals surface area contributed by atoms with Gasteiger partial charge >= 0.3 is 0 Å². The lowest BCUT2D eigenvalue weighted by Gasteiger charge is -2.02. The van der Waals surface area contributed by atoms with Crippen molar-refractivity contribution < 1.29 is 4.92 Å². The largest absolute Gasteiger partial charge is 0.272 e. The van der Waals surface area contributed by atoms with Crippen LogP contribution in [0.2, 0.25) is 0 Å². The fourth-order valence-corrected chi connectivity index (χ4v) is 2.14. The van der Waals surface area contributed by atoms with Gasteiger partial charge in [-0.05, 0) is 18.8 Å². The summed E-state index contributed by atoms with van der Waals surface area (Å²) in [5, 5.41) is 10.7. The minimum Gasteiger partial charge on any atom is -0.258 e. The highest BCUT2D eigenvalue weighted by Gasteiger charge is 2.51. The first-order chi connectivity index (χ1) is 7.00. The Morgan fingerprint density at radius 1 is 1.47 bits per heavy atom. The molecule has 5 heteroatoms. The van der Waals surface area contributed by atoms with E-state index in [1.165, 1.54) is 6.07 Å². The van der Waals surface area contributed by atoms with Crippen LogP contribution in [-0.4, -0.2) is 9.26 Å². The summed E-state index contributed by atoms with van der Waals surface area (Å²) in [6, 6.07) is 6.69. The van der Waals surface area contributed by atoms with Crippen LogP contribution in [0.15, 0.2) is 24.3 Å². The van der Waals surface area contributed by atoms with E-state index < -0.39 is 4.33 Å². The molecule has 0 bridgehead atoms. The van der Waals surface area contributed by atoms with E-state index in [0.717, 1.165) is 0 Å². The number of hydrogen-bond acceptors (Lipinski definition) is 2. The van der Waals surface area contributed by atoms with Crippen molar-refractivity contribution >= 4 is 28.9 Å². The molecule has 1 saturated carbocycles. The monoisotopic (exact) mass is 245 g/mol. The van der Waals surface area contributed by atoms with Crippen LogP contribution in [0.1, 0.15) is 12.0 Å². The Morgan fingerprint density at radius 3 is 2.60 bits per heavy atom. The van der Waals surface area contributed by atoms with Crippen molar-refractivity contribution in [3.8, 4) is 0 Å². The van der Waals surface area contributed by atoms with E-state index in [1.807, 2.05) is 0 Å². The van der Waals surface area contributed by atoms with Gasteiger partial charge in [-0.2, -0.15) is 0 Å². The van der Waals surface area contributed by atoms with Gasteiger partial charge in [-0.25, -0.2) is 0 Å². The summed E-state index contributed by atoms with van der Waals surface area (Å²) >= 11 is 11.8. The van der Waals surface area contributed by atoms with Gasteiger partial charge in [-0.15, -0.1) is 23.2 Å². The number of nitro benzene ring substituents is 1. The van der Waals surface area contributed by atoms with E-state index in [-0.39, 0.29) is 16.5 Å². The zero-order valence-electron chi connectivity index (χ0n) is 7.82. The van der Waals surface area contributed by atoms with Crippen LogP contribution in [0.3, 0.4) is 0 Å². The smallest absolute Gasteiger partial charge is 0.258 e. The van der Waals surface area contributed by atoms with Gasteiger partial charge in [0.2, 0.25) is 0 Å². The summed E-state index contributed by atoms with van der Waals surface area (Å²) in [4.78, 5) is 10.4. The average molecular weight is 246 g/mol. The molecule has 0 saturated heterocycles. The van der Waals surface area contributed by atoms with Gasteiger partial charge in [0, 0.05) is 11.6 Å². The molecule has 0 radical (unpaired) electrons. The fraction of sp³-hybridized carbons (Fsp3) is 0.400. The first kappa shape index (κ1) is 10.7. The molecule has 0 amide bonds. The van der Waals surface area contributed by atoms with Crippen molar-refractivity contribution in [2.45, 2.75) is 17.2 Å². The van der Waals surface area contributed by atoms with Crippen molar-refractivity contribution in [3.05, 3.63) is 39.9 Å². The molecule has 0 unspecified atom stereocenters. The van der Waals surface area contributed by atoms with Gasteiger partial charge in [0.15, 0.2) is 0 Å². The van der Waals surface area contributed by atoms with Crippen molar-refractivity contribution in [1.82, 2.24) is 0 Å². The Morgan fingerprint density at radius 2 is 2.07 bits per heavy atom. The second-order valence-electron chi connectivity index (χ2n) is 3.75. The number of nitro groups is 1. The second kappa shape index (κ2) is 3.65. The minimum absolute atomic E-state index is 0.141. The lowest BCUT2D eigenvalue weighted by atomic mass is 10.1. The molecule has 80 valence electrons. The third-order valence-electron chi connectivity index (χ3n) is 2.61. The molecule has 3 nitrogen and oxygen atoms in total. The summed E-state index contributed by atoms with van der Waals surface area (Å²) in [5.74, 6) is 0.141. The Hall–Kier alpha value is -0.800. The van der Waals surface area contributed by atoms with Crippen LogP contribution in [0.4, 0.5) is 5.69 Å². The minimum atomic E-state index is -0.677. The zero-order chi connectivity index (χ0) is 11.1. The number of hydrogen-bond donors (Lipinski definition) is 0. The van der Waals surface area contributed by atoms with E-state index in [2.05, 4.69) is 0 Å². The Kier molecular flexibility index (Phi) is 2.61. The molecule has 1 aliphatic carbocycles. The van der Waals surface area contributed by atoms with Crippen molar-refractivity contribution in [1.29, 1.82) is 0 Å². The molecule has 0 N–H and O–H groups in total. The number of para-hydroxylation sites is 1. The standard InChI is InChI=1S/C10H9Cl2NO2/c11-10(12)6-8(10)5-7-3-1-2-4-9(7)13(14)15/h1-4,8H,5-6H2/t8-/m1/s1. The number of rotatable bonds is 3. The topological polar surface area (TPSA) is 43.1 Å². The predicted octanol–water partition coefficient (Wildman–Crippen LogP) is 3.33. The summed E-state index contributed by atoms with van der Waals surface area (Å²) in [7, 11) is 0. The highest BCUT2D eigenvalue weighted by molar-refractivity contribution is 6.50. The van der Waals surface area contributed by atoms with Crippen molar-refractivity contribution in [3.63, 3.8) is 0 Å². The SMILES string of the molecule is O=[N+]([O-])c1ccccc1C[C@@H]1CC1(Cl)Cl. The van der Waals surface area contributed by atoms with E-state index in [0.29, 0.717) is 18.4 Å². The van der Waals surface area contributed by atoms with Crippen molar-refractivity contribution in [2.24, 2.45) is 5.92 Å². The third-order valence-corrected chi connectivity index (χ3v) is 3.54. The van der Waals surface area contributed by atoms with Crippen LogP contribution < -0.4 is 0 Å². The highest BCUT2D eigenvalue weighted by Crippen LogP contribution is 2.54. The predicted molar refractivity (Wildman–Crippen MR) is 59.3 cm³/mol. The van der Waals surface area contributed by atoms with Crippen LogP contribution >= 0.6 is 23.2 Å². The quantitative estimate of drug-likeness (QED) is 0.466. The van der Waals surface area contributed by atoms with E-state index in [1.54, 1.807) is 18.2 Å². The summed E-state index contributed by atoms with van der Waals surface area (Å²) in [6.45, 7) is 0. The summed E-state index contributed by atoms with van der Waals surface area (Å²) < 4.78 is -0.677. The van der Waals surface area contributed by atoms with E-state index in [9.17, 15) is 10.1 Å².